The second-order valence-corrected chi connectivity index (χ2v) is 3.10. The van der Waals surface area contributed by atoms with Crippen LogP contribution in [0.15, 0.2) is 0 Å². The van der Waals surface area contributed by atoms with Crippen molar-refractivity contribution in [3.05, 3.63) is 11.6 Å². The van der Waals surface area contributed by atoms with Gasteiger partial charge in [-0.05, 0) is 12.8 Å². The minimum Gasteiger partial charge on any atom is -0.384 e. The number of aryl methyl sites for hydroxylation is 1. The Morgan fingerprint density at radius 1 is 1.58 bits per heavy atom. The van der Waals surface area contributed by atoms with E-state index in [0.29, 0.717) is 5.92 Å². The molecule has 1 N–H and O–H groups in total. The van der Waals surface area contributed by atoms with E-state index in [0.717, 1.165) is 24.7 Å². The van der Waals surface area contributed by atoms with Crippen molar-refractivity contribution in [1.29, 1.82) is 0 Å². The predicted molar refractivity (Wildman–Crippen MR) is 45.9 cm³/mol. The van der Waals surface area contributed by atoms with Gasteiger partial charge in [0.25, 0.3) is 0 Å². The molecule has 1 atom stereocenters. The first kappa shape index (κ1) is 9.19. The van der Waals surface area contributed by atoms with Crippen molar-refractivity contribution < 1.29 is 4.74 Å². The van der Waals surface area contributed by atoms with E-state index in [2.05, 4.69) is 22.1 Å². The quantitative estimate of drug-likeness (QED) is 0.729. The summed E-state index contributed by atoms with van der Waals surface area (Å²) in [5.41, 5.74) is 0. The van der Waals surface area contributed by atoms with Crippen LogP contribution >= 0.6 is 0 Å². The van der Waals surface area contributed by atoms with Gasteiger partial charge in [-0.25, -0.2) is 4.98 Å². The average molecular weight is 169 g/mol. The highest BCUT2D eigenvalue weighted by Gasteiger charge is 2.06. The Bertz CT molecular complexity index is 234. The number of nitrogens with zero attached hydrogens (tertiary/aromatic N) is 2. The molecule has 0 bridgehead atoms. The van der Waals surface area contributed by atoms with E-state index in [-0.39, 0.29) is 0 Å². The van der Waals surface area contributed by atoms with E-state index in [1.807, 2.05) is 6.92 Å². The zero-order chi connectivity index (χ0) is 8.97. The van der Waals surface area contributed by atoms with Gasteiger partial charge in [-0.2, -0.15) is 5.10 Å². The normalized spacial score (nSPS) is 13.2. The number of aromatic amines is 1. The summed E-state index contributed by atoms with van der Waals surface area (Å²) in [6.45, 7) is 4.78. The molecule has 0 spiro atoms. The standard InChI is InChI=1S/C8H15N3O/c1-6(5-12-3)4-8-9-7(2)10-11-8/h6H,4-5H2,1-3H3,(H,9,10,11). The maximum Gasteiger partial charge on any atom is 0.151 e. The Morgan fingerprint density at radius 3 is 2.83 bits per heavy atom. The lowest BCUT2D eigenvalue weighted by atomic mass is 10.1. The lowest BCUT2D eigenvalue weighted by Gasteiger charge is -2.05. The van der Waals surface area contributed by atoms with E-state index < -0.39 is 0 Å². The summed E-state index contributed by atoms with van der Waals surface area (Å²) in [5.74, 6) is 2.22. The van der Waals surface area contributed by atoms with Crippen LogP contribution in [-0.2, 0) is 11.2 Å². The van der Waals surface area contributed by atoms with Crippen LogP contribution in [0.2, 0.25) is 0 Å². The Hall–Kier alpha value is -0.900. The molecule has 0 aromatic carbocycles. The SMILES string of the molecule is COCC(C)Cc1n[nH]c(C)n1. The van der Waals surface area contributed by atoms with E-state index in [1.54, 1.807) is 7.11 Å². The van der Waals surface area contributed by atoms with Crippen LogP contribution in [0.1, 0.15) is 18.6 Å². The van der Waals surface area contributed by atoms with Crippen molar-refractivity contribution in [2.24, 2.45) is 5.92 Å². The highest BCUT2D eigenvalue weighted by atomic mass is 16.5. The fraction of sp³-hybridized carbons (Fsp3) is 0.750. The van der Waals surface area contributed by atoms with Crippen molar-refractivity contribution in [3.8, 4) is 0 Å². The fourth-order valence-corrected chi connectivity index (χ4v) is 1.14. The molecule has 0 saturated carbocycles. The minimum atomic E-state index is 0.477. The van der Waals surface area contributed by atoms with Crippen molar-refractivity contribution in [2.75, 3.05) is 13.7 Å². The molecular formula is C8H15N3O. The van der Waals surface area contributed by atoms with E-state index in [4.69, 9.17) is 4.74 Å². The number of hydrogen-bond donors (Lipinski definition) is 1. The lowest BCUT2D eigenvalue weighted by Crippen LogP contribution is -2.08. The van der Waals surface area contributed by atoms with Gasteiger partial charge in [-0.15, -0.1) is 0 Å². The van der Waals surface area contributed by atoms with Gasteiger partial charge in [-0.3, -0.25) is 5.10 Å². The highest BCUT2D eigenvalue weighted by molar-refractivity contribution is 4.88. The van der Waals surface area contributed by atoms with Gasteiger partial charge in [0.05, 0.1) is 0 Å². The Morgan fingerprint density at radius 2 is 2.33 bits per heavy atom. The third-order valence-corrected chi connectivity index (χ3v) is 1.63. The largest absolute Gasteiger partial charge is 0.384 e. The van der Waals surface area contributed by atoms with Gasteiger partial charge >= 0.3 is 0 Å². The van der Waals surface area contributed by atoms with Crippen LogP contribution < -0.4 is 0 Å². The molecule has 1 heterocycles. The molecular weight excluding hydrogens is 154 g/mol. The van der Waals surface area contributed by atoms with E-state index in [9.17, 15) is 0 Å². The zero-order valence-corrected chi connectivity index (χ0v) is 7.79. The third kappa shape index (κ3) is 2.62. The van der Waals surface area contributed by atoms with Crippen LogP contribution in [-0.4, -0.2) is 28.9 Å². The number of hydrogen-bond acceptors (Lipinski definition) is 3. The van der Waals surface area contributed by atoms with Gasteiger partial charge in [0.1, 0.15) is 5.82 Å². The first-order valence-electron chi connectivity index (χ1n) is 4.09. The Labute approximate surface area is 72.4 Å². The lowest BCUT2D eigenvalue weighted by molar-refractivity contribution is 0.159. The van der Waals surface area contributed by atoms with E-state index >= 15 is 0 Å². The molecule has 0 saturated heterocycles. The summed E-state index contributed by atoms with van der Waals surface area (Å²) in [6.07, 6.45) is 0.873. The molecule has 1 unspecified atom stereocenters. The third-order valence-electron chi connectivity index (χ3n) is 1.63. The summed E-state index contributed by atoms with van der Waals surface area (Å²) in [6, 6.07) is 0. The van der Waals surface area contributed by atoms with Crippen LogP contribution in [0.3, 0.4) is 0 Å². The second-order valence-electron chi connectivity index (χ2n) is 3.10. The molecule has 4 nitrogen and oxygen atoms in total. The number of H-pyrrole nitrogens is 1. The molecule has 1 aromatic heterocycles. The number of rotatable bonds is 4. The first-order valence-corrected chi connectivity index (χ1v) is 4.09. The summed E-state index contributed by atoms with van der Waals surface area (Å²) in [4.78, 5) is 4.21. The Kier molecular flexibility index (Phi) is 3.22. The van der Waals surface area contributed by atoms with Crippen LogP contribution in [0.4, 0.5) is 0 Å². The smallest absolute Gasteiger partial charge is 0.151 e. The van der Waals surface area contributed by atoms with Crippen LogP contribution in [0.25, 0.3) is 0 Å². The van der Waals surface area contributed by atoms with Gasteiger partial charge in [0, 0.05) is 20.1 Å². The summed E-state index contributed by atoms with van der Waals surface area (Å²) < 4.78 is 5.02. The molecule has 4 heteroatoms. The summed E-state index contributed by atoms with van der Waals surface area (Å²) >= 11 is 0. The molecule has 1 aromatic rings. The van der Waals surface area contributed by atoms with Gasteiger partial charge < -0.3 is 4.74 Å². The summed E-state index contributed by atoms with van der Waals surface area (Å²) in [7, 11) is 1.71. The maximum atomic E-state index is 5.02. The number of methoxy groups -OCH3 is 1. The molecule has 0 aliphatic carbocycles. The van der Waals surface area contributed by atoms with Crippen LogP contribution in [0.5, 0.6) is 0 Å². The van der Waals surface area contributed by atoms with Gasteiger partial charge in [-0.1, -0.05) is 6.92 Å². The van der Waals surface area contributed by atoms with Gasteiger partial charge in [0.15, 0.2) is 5.82 Å². The number of ether oxygens (including phenoxy) is 1. The molecule has 12 heavy (non-hydrogen) atoms. The molecule has 0 amide bonds. The number of nitrogens with one attached hydrogen (secondary N) is 1. The molecule has 68 valence electrons. The summed E-state index contributed by atoms with van der Waals surface area (Å²) in [5, 5.41) is 6.86. The van der Waals surface area contributed by atoms with Gasteiger partial charge in [0.2, 0.25) is 0 Å². The minimum absolute atomic E-state index is 0.477. The zero-order valence-electron chi connectivity index (χ0n) is 7.79. The van der Waals surface area contributed by atoms with Crippen molar-refractivity contribution in [3.63, 3.8) is 0 Å². The topological polar surface area (TPSA) is 50.8 Å². The molecule has 0 radical (unpaired) electrons. The van der Waals surface area contributed by atoms with Crippen LogP contribution in [0, 0.1) is 12.8 Å². The first-order chi connectivity index (χ1) is 5.72. The Balaban J connectivity index is 2.41. The molecule has 0 aliphatic heterocycles. The molecule has 0 fully saturated rings. The molecule has 1 rings (SSSR count). The number of aromatic nitrogens is 3. The van der Waals surface area contributed by atoms with Crippen molar-refractivity contribution >= 4 is 0 Å². The monoisotopic (exact) mass is 169 g/mol. The fourth-order valence-electron chi connectivity index (χ4n) is 1.14. The second kappa shape index (κ2) is 4.21. The maximum absolute atomic E-state index is 5.02. The highest BCUT2D eigenvalue weighted by Crippen LogP contribution is 2.03. The average Bonchev–Trinajstić information content (AvgIpc) is 2.36. The van der Waals surface area contributed by atoms with E-state index in [1.165, 1.54) is 0 Å². The van der Waals surface area contributed by atoms with Crippen molar-refractivity contribution in [1.82, 2.24) is 15.2 Å². The van der Waals surface area contributed by atoms with Crippen molar-refractivity contribution in [2.45, 2.75) is 20.3 Å². The predicted octanol–water partition coefficient (Wildman–Crippen LogP) is 0.938. The molecule has 0 aliphatic rings.